The first-order valence-electron chi connectivity index (χ1n) is 12.6. The third kappa shape index (κ3) is 8.53. The molecule has 0 aromatic heterocycles. The van der Waals surface area contributed by atoms with E-state index in [2.05, 4.69) is 30.8 Å². The molecule has 0 spiro atoms. The standard InChI is InChI=1S/C32H32O4S.K/c1-22(21-37-23(2)31(33)28-12-14-29(15-13-28)32(34)35)25-16-18-30(19-17-25)36-20-24-8-10-27(11-9-24)26-6-4-3-5-7-26;/h8-19,21,26H,2-7,20H2,1H3,(H,34,35);/q;+1/p-1/b22-21+;. The first kappa shape index (κ1) is 30.6. The predicted molar refractivity (Wildman–Crippen MR) is 149 cm³/mol. The molecule has 1 aliphatic rings. The zero-order valence-electron chi connectivity index (χ0n) is 22.1. The number of hydrogen-bond donors (Lipinski definition) is 0. The second kappa shape index (κ2) is 15.0. The first-order chi connectivity index (χ1) is 17.9. The smallest absolute Gasteiger partial charge is 0.545 e. The molecule has 190 valence electrons. The summed E-state index contributed by atoms with van der Waals surface area (Å²) in [6.07, 6.45) is 6.66. The third-order valence-corrected chi connectivity index (χ3v) is 7.73. The minimum absolute atomic E-state index is 0. The van der Waals surface area contributed by atoms with E-state index in [0.717, 1.165) is 22.4 Å². The summed E-state index contributed by atoms with van der Waals surface area (Å²) in [4.78, 5) is 23.8. The van der Waals surface area contributed by atoms with Gasteiger partial charge in [0.1, 0.15) is 12.4 Å². The number of hydrogen-bond acceptors (Lipinski definition) is 5. The molecule has 38 heavy (non-hydrogen) atoms. The second-order valence-electron chi connectivity index (χ2n) is 9.43. The van der Waals surface area contributed by atoms with Crippen molar-refractivity contribution in [2.45, 2.75) is 51.6 Å². The predicted octanol–water partition coefficient (Wildman–Crippen LogP) is 4.17. The molecular weight excluding hydrogens is 520 g/mol. The second-order valence-corrected chi connectivity index (χ2v) is 10.4. The van der Waals surface area contributed by atoms with Crippen LogP contribution >= 0.6 is 11.8 Å². The number of carbonyl (C=O) groups is 2. The van der Waals surface area contributed by atoms with Crippen molar-refractivity contribution in [1.82, 2.24) is 0 Å². The van der Waals surface area contributed by atoms with Crippen LogP contribution in [0.2, 0.25) is 0 Å². The number of benzene rings is 3. The fourth-order valence-corrected chi connectivity index (χ4v) is 5.18. The maximum absolute atomic E-state index is 12.6. The molecule has 1 fully saturated rings. The molecule has 4 rings (SSSR count). The van der Waals surface area contributed by atoms with E-state index in [1.165, 1.54) is 73.7 Å². The topological polar surface area (TPSA) is 66.4 Å². The van der Waals surface area contributed by atoms with Crippen molar-refractivity contribution < 1.29 is 70.8 Å². The number of aromatic carboxylic acids is 1. The van der Waals surface area contributed by atoms with Crippen LogP contribution in [-0.2, 0) is 6.61 Å². The Labute approximate surface area is 272 Å². The van der Waals surface area contributed by atoms with Crippen LogP contribution in [0.5, 0.6) is 5.75 Å². The Kier molecular flexibility index (Phi) is 12.1. The van der Waals surface area contributed by atoms with Crippen molar-refractivity contribution in [3.8, 4) is 5.75 Å². The van der Waals surface area contributed by atoms with E-state index >= 15 is 0 Å². The molecule has 0 amide bonds. The molecule has 3 aromatic carbocycles. The van der Waals surface area contributed by atoms with Gasteiger partial charge in [0.15, 0.2) is 5.78 Å². The number of carbonyl (C=O) groups excluding carboxylic acids is 2. The van der Waals surface area contributed by atoms with Gasteiger partial charge < -0.3 is 14.6 Å². The number of allylic oxidation sites excluding steroid dienone is 2. The van der Waals surface area contributed by atoms with Gasteiger partial charge in [-0.15, -0.1) is 0 Å². The van der Waals surface area contributed by atoms with Crippen LogP contribution in [0.1, 0.15) is 82.4 Å². The SMILES string of the molecule is C=C(S/C=C(\C)c1ccc(OCc2ccc(C3CCCCC3)cc2)cc1)C(=O)c1ccc(C(=O)[O-])cc1.[K+]. The fourth-order valence-electron chi connectivity index (χ4n) is 4.50. The molecule has 1 saturated carbocycles. The van der Waals surface area contributed by atoms with Crippen LogP contribution in [0.15, 0.2) is 89.7 Å². The van der Waals surface area contributed by atoms with Gasteiger partial charge in [-0.05, 0) is 71.1 Å². The summed E-state index contributed by atoms with van der Waals surface area (Å²) in [7, 11) is 0. The van der Waals surface area contributed by atoms with E-state index < -0.39 is 5.97 Å². The van der Waals surface area contributed by atoms with Gasteiger partial charge in [-0.1, -0.05) is 98.3 Å². The van der Waals surface area contributed by atoms with Crippen LogP contribution in [0, 0.1) is 0 Å². The van der Waals surface area contributed by atoms with Gasteiger partial charge in [0.2, 0.25) is 0 Å². The first-order valence-corrected chi connectivity index (χ1v) is 13.5. The summed E-state index contributed by atoms with van der Waals surface area (Å²) in [6.45, 7) is 6.38. The summed E-state index contributed by atoms with van der Waals surface area (Å²) in [5, 5.41) is 12.8. The van der Waals surface area contributed by atoms with E-state index in [-0.39, 0.29) is 62.7 Å². The Morgan fingerprint density at radius 1 is 0.895 bits per heavy atom. The molecule has 1 aliphatic carbocycles. The minimum Gasteiger partial charge on any atom is -0.545 e. The molecule has 0 radical (unpaired) electrons. The summed E-state index contributed by atoms with van der Waals surface area (Å²) < 4.78 is 5.99. The van der Waals surface area contributed by atoms with Crippen molar-refractivity contribution in [3.63, 3.8) is 0 Å². The Hall–Kier alpha value is -1.93. The Bertz CT molecular complexity index is 1270. The summed E-state index contributed by atoms with van der Waals surface area (Å²) in [6, 6.07) is 22.4. The summed E-state index contributed by atoms with van der Waals surface area (Å²) in [5.41, 5.74) is 5.05. The van der Waals surface area contributed by atoms with Crippen LogP contribution in [-0.4, -0.2) is 11.8 Å². The van der Waals surface area contributed by atoms with Gasteiger partial charge in [0.25, 0.3) is 0 Å². The molecule has 0 atom stereocenters. The molecule has 4 nitrogen and oxygen atoms in total. The molecule has 0 saturated heterocycles. The number of Topliss-reactive ketones (excluding diaryl/α,β-unsaturated/α-hetero) is 1. The fraction of sp³-hybridized carbons (Fsp3) is 0.250. The Balaban J connectivity index is 0.00000400. The van der Waals surface area contributed by atoms with Crippen molar-refractivity contribution in [1.29, 1.82) is 0 Å². The number of ether oxygens (including phenoxy) is 1. The average Bonchev–Trinajstić information content (AvgIpc) is 2.95. The van der Waals surface area contributed by atoms with Crippen LogP contribution in [0.3, 0.4) is 0 Å². The third-order valence-electron chi connectivity index (χ3n) is 6.79. The van der Waals surface area contributed by atoms with E-state index in [0.29, 0.717) is 23.0 Å². The van der Waals surface area contributed by atoms with E-state index in [1.54, 1.807) is 0 Å². The molecule has 0 heterocycles. The minimum atomic E-state index is -1.27. The number of thioether (sulfide) groups is 1. The molecule has 6 heteroatoms. The van der Waals surface area contributed by atoms with Gasteiger partial charge >= 0.3 is 51.4 Å². The van der Waals surface area contributed by atoms with Crippen LogP contribution in [0.25, 0.3) is 5.57 Å². The molecular formula is C32H31KO4S. The normalized spacial score (nSPS) is 13.9. The Morgan fingerprint density at radius 3 is 2.08 bits per heavy atom. The van der Waals surface area contributed by atoms with Crippen molar-refractivity contribution in [2.75, 3.05) is 0 Å². The molecule has 3 aromatic rings. The van der Waals surface area contributed by atoms with Crippen LogP contribution < -0.4 is 61.2 Å². The molecule has 0 N–H and O–H groups in total. The average molecular weight is 551 g/mol. The van der Waals surface area contributed by atoms with Crippen LogP contribution in [0.4, 0.5) is 0 Å². The molecule has 0 bridgehead atoms. The zero-order chi connectivity index (χ0) is 26.2. The van der Waals surface area contributed by atoms with Crippen molar-refractivity contribution in [2.24, 2.45) is 0 Å². The van der Waals surface area contributed by atoms with Crippen molar-refractivity contribution >= 4 is 29.1 Å². The van der Waals surface area contributed by atoms with Gasteiger partial charge in [-0.25, -0.2) is 0 Å². The van der Waals surface area contributed by atoms with E-state index in [9.17, 15) is 14.7 Å². The summed E-state index contributed by atoms with van der Waals surface area (Å²) >= 11 is 1.25. The van der Waals surface area contributed by atoms with E-state index in [4.69, 9.17) is 4.74 Å². The zero-order valence-corrected chi connectivity index (χ0v) is 26.0. The number of carboxylic acids is 1. The van der Waals surface area contributed by atoms with Crippen molar-refractivity contribution in [3.05, 3.63) is 118 Å². The van der Waals surface area contributed by atoms with Gasteiger partial charge in [0, 0.05) is 5.56 Å². The van der Waals surface area contributed by atoms with Gasteiger partial charge in [-0.3, -0.25) is 4.79 Å². The monoisotopic (exact) mass is 550 g/mol. The van der Waals surface area contributed by atoms with Gasteiger partial charge in [0.05, 0.1) is 10.9 Å². The molecule has 0 aliphatic heterocycles. The summed E-state index contributed by atoms with van der Waals surface area (Å²) in [5.74, 6) is 0.00413. The number of carboxylic acid groups (broad SMARTS) is 1. The Morgan fingerprint density at radius 2 is 1.47 bits per heavy atom. The van der Waals surface area contributed by atoms with E-state index in [1.807, 2.05) is 36.6 Å². The maximum atomic E-state index is 12.6. The largest absolute Gasteiger partial charge is 1.00 e. The molecule has 0 unspecified atom stereocenters. The number of ketones is 1. The van der Waals surface area contributed by atoms with Gasteiger partial charge in [-0.2, -0.15) is 0 Å². The number of rotatable bonds is 10. The maximum Gasteiger partial charge on any atom is 1.00 e. The quantitative estimate of drug-likeness (QED) is 0.215.